The Kier molecular flexibility index (Phi) is 12.6. The Balaban J connectivity index is 1.88. The molecule has 258 valence electrons. The number of thiophene rings is 2. The molecule has 0 atom stereocenters. The molecule has 0 spiro atoms. The predicted molar refractivity (Wildman–Crippen MR) is 180 cm³/mol. The van der Waals surface area contributed by atoms with E-state index in [0.29, 0.717) is 11.1 Å². The number of hydrogen-bond acceptors (Lipinski definition) is 13. The van der Waals surface area contributed by atoms with Gasteiger partial charge in [-0.05, 0) is 92.5 Å². The molecule has 0 saturated carbocycles. The lowest BCUT2D eigenvalue weighted by molar-refractivity contribution is 0.0360. The lowest BCUT2D eigenvalue weighted by Gasteiger charge is -2.11. The summed E-state index contributed by atoms with van der Waals surface area (Å²) in [6, 6.07) is 2.64. The minimum Gasteiger partial charge on any atom is -0.459 e. The molecule has 0 aliphatic rings. The van der Waals surface area contributed by atoms with Crippen molar-refractivity contribution in [2.75, 3.05) is 10.6 Å². The summed E-state index contributed by atoms with van der Waals surface area (Å²) in [6.07, 6.45) is -0.565. The van der Waals surface area contributed by atoms with Gasteiger partial charge in [0.2, 0.25) is 0 Å². The van der Waals surface area contributed by atoms with E-state index in [-0.39, 0.29) is 42.1 Å². The molecule has 2 N–H and O–H groups in total. The van der Waals surface area contributed by atoms with Crippen molar-refractivity contribution in [2.24, 2.45) is 0 Å². The van der Waals surface area contributed by atoms with Crippen LogP contribution >= 0.6 is 22.7 Å². The minimum absolute atomic E-state index is 0.0171. The second kappa shape index (κ2) is 16.0. The van der Waals surface area contributed by atoms with E-state index in [2.05, 4.69) is 15.6 Å². The average molecular weight is 702 g/mol. The van der Waals surface area contributed by atoms with Gasteiger partial charge in [-0.3, -0.25) is 14.6 Å². The number of pyridine rings is 1. The van der Waals surface area contributed by atoms with Crippen LogP contribution in [0, 0.1) is 13.8 Å². The Hall–Kier alpha value is -4.63. The summed E-state index contributed by atoms with van der Waals surface area (Å²) in [5.41, 5.74) is 0.586. The van der Waals surface area contributed by atoms with Crippen LogP contribution in [0.15, 0.2) is 18.3 Å². The van der Waals surface area contributed by atoms with Crippen LogP contribution in [0.4, 0.5) is 10.0 Å². The van der Waals surface area contributed by atoms with Crippen molar-refractivity contribution in [1.29, 1.82) is 0 Å². The highest BCUT2D eigenvalue weighted by Gasteiger charge is 2.30. The molecule has 13 nitrogen and oxygen atoms in total. The van der Waals surface area contributed by atoms with Crippen LogP contribution in [0.3, 0.4) is 0 Å². The van der Waals surface area contributed by atoms with Gasteiger partial charge < -0.3 is 29.6 Å². The maximum absolute atomic E-state index is 13.2. The first-order chi connectivity index (χ1) is 22.4. The van der Waals surface area contributed by atoms with Crippen molar-refractivity contribution in [1.82, 2.24) is 4.98 Å². The zero-order chi connectivity index (χ0) is 36.0. The summed E-state index contributed by atoms with van der Waals surface area (Å²) in [7, 11) is 0. The molecular weight excluding hydrogens is 663 g/mol. The largest absolute Gasteiger partial charge is 0.459 e. The highest BCUT2D eigenvalue weighted by molar-refractivity contribution is 7.19. The molecule has 0 radical (unpaired) electrons. The third kappa shape index (κ3) is 9.25. The molecule has 15 heteroatoms. The van der Waals surface area contributed by atoms with E-state index in [1.54, 1.807) is 69.2 Å². The second-order valence-corrected chi connectivity index (χ2v) is 13.7. The maximum Gasteiger partial charge on any atom is 0.348 e. The number of rotatable bonds is 12. The van der Waals surface area contributed by atoms with Crippen molar-refractivity contribution in [3.8, 4) is 0 Å². The number of aromatic nitrogens is 1. The topological polar surface area (TPSA) is 176 Å². The monoisotopic (exact) mass is 701 g/mol. The van der Waals surface area contributed by atoms with Gasteiger partial charge in [0.1, 0.15) is 25.5 Å². The van der Waals surface area contributed by atoms with Crippen LogP contribution in [0.25, 0.3) is 0 Å². The summed E-state index contributed by atoms with van der Waals surface area (Å²) in [5, 5.41) is 5.42. The summed E-state index contributed by atoms with van der Waals surface area (Å²) in [5.74, 6) is -4.12. The zero-order valence-electron chi connectivity index (χ0n) is 28.4. The van der Waals surface area contributed by atoms with E-state index in [4.69, 9.17) is 18.9 Å². The van der Waals surface area contributed by atoms with E-state index in [0.717, 1.165) is 28.9 Å². The quantitative estimate of drug-likeness (QED) is 0.154. The Morgan fingerprint density at radius 2 is 0.958 bits per heavy atom. The number of carbonyl (C=O) groups is 6. The number of esters is 4. The van der Waals surface area contributed by atoms with Gasteiger partial charge in [0.15, 0.2) is 0 Å². The Morgan fingerprint density at radius 3 is 1.31 bits per heavy atom. The van der Waals surface area contributed by atoms with Crippen LogP contribution in [0.5, 0.6) is 0 Å². The fourth-order valence-electron chi connectivity index (χ4n) is 4.17. The van der Waals surface area contributed by atoms with Gasteiger partial charge in [0.05, 0.1) is 41.1 Å². The molecule has 0 aliphatic carbocycles. The van der Waals surface area contributed by atoms with Crippen LogP contribution in [0.2, 0.25) is 0 Å². The summed E-state index contributed by atoms with van der Waals surface area (Å²) in [4.78, 5) is 82.1. The fraction of sp³-hybridized carbons (Fsp3) is 0.424. The molecule has 48 heavy (non-hydrogen) atoms. The fourth-order valence-corrected chi connectivity index (χ4v) is 6.32. The molecule has 3 aromatic rings. The zero-order valence-corrected chi connectivity index (χ0v) is 30.0. The molecule has 0 aliphatic heterocycles. The van der Waals surface area contributed by atoms with Crippen molar-refractivity contribution in [3.05, 3.63) is 61.6 Å². The highest BCUT2D eigenvalue weighted by atomic mass is 32.1. The molecule has 0 unspecified atom stereocenters. The van der Waals surface area contributed by atoms with E-state index in [1.807, 2.05) is 0 Å². The first-order valence-electron chi connectivity index (χ1n) is 15.1. The normalized spacial score (nSPS) is 11.1. The first-order valence-corrected chi connectivity index (χ1v) is 16.7. The van der Waals surface area contributed by atoms with Gasteiger partial charge in [-0.15, -0.1) is 22.7 Å². The van der Waals surface area contributed by atoms with Crippen LogP contribution in [0.1, 0.15) is 127 Å². The van der Waals surface area contributed by atoms with Gasteiger partial charge in [0.25, 0.3) is 11.8 Å². The summed E-state index contributed by atoms with van der Waals surface area (Å²) in [6.45, 7) is 16.6. The Bertz CT molecular complexity index is 1590. The Morgan fingerprint density at radius 1 is 0.583 bits per heavy atom. The molecule has 2 amide bonds. The molecule has 0 bridgehead atoms. The number of ether oxygens (including phenoxy) is 4. The summed E-state index contributed by atoms with van der Waals surface area (Å²) < 4.78 is 21.3. The van der Waals surface area contributed by atoms with Gasteiger partial charge in [0, 0.05) is 6.20 Å². The maximum atomic E-state index is 13.2. The van der Waals surface area contributed by atoms with Crippen molar-refractivity contribution < 1.29 is 47.7 Å². The van der Waals surface area contributed by atoms with Crippen LogP contribution in [-0.4, -0.2) is 65.1 Å². The van der Waals surface area contributed by atoms with Gasteiger partial charge in [-0.1, -0.05) is 0 Å². The van der Waals surface area contributed by atoms with Crippen LogP contribution < -0.4 is 10.6 Å². The number of amides is 2. The highest BCUT2D eigenvalue weighted by Crippen LogP contribution is 2.36. The number of nitrogens with one attached hydrogen (secondary N) is 2. The minimum atomic E-state index is -0.723. The predicted octanol–water partition coefficient (Wildman–Crippen LogP) is 6.59. The molecule has 3 heterocycles. The lowest BCUT2D eigenvalue weighted by atomic mass is 10.1. The van der Waals surface area contributed by atoms with Crippen molar-refractivity contribution in [3.63, 3.8) is 0 Å². The van der Waals surface area contributed by atoms with E-state index in [9.17, 15) is 28.8 Å². The third-order valence-corrected chi connectivity index (χ3v) is 8.53. The average Bonchev–Trinajstić information content (AvgIpc) is 3.47. The third-order valence-electron chi connectivity index (χ3n) is 6.16. The molecule has 3 aromatic heterocycles. The number of carbonyl (C=O) groups excluding carboxylic acids is 6. The number of nitrogens with zero attached hydrogens (tertiary/aromatic N) is 1. The van der Waals surface area contributed by atoms with Gasteiger partial charge in [-0.25, -0.2) is 19.2 Å². The van der Waals surface area contributed by atoms with E-state index < -0.39 is 60.1 Å². The molecule has 0 saturated heterocycles. The molecule has 0 fully saturated rings. The number of anilines is 2. The van der Waals surface area contributed by atoms with Gasteiger partial charge in [-0.2, -0.15) is 0 Å². The summed E-state index contributed by atoms with van der Waals surface area (Å²) >= 11 is 1.75. The van der Waals surface area contributed by atoms with E-state index in [1.165, 1.54) is 12.1 Å². The van der Waals surface area contributed by atoms with E-state index >= 15 is 0 Å². The second-order valence-electron chi connectivity index (χ2n) is 11.7. The Labute approximate surface area is 286 Å². The van der Waals surface area contributed by atoms with Crippen molar-refractivity contribution in [2.45, 2.75) is 93.7 Å². The van der Waals surface area contributed by atoms with Crippen LogP contribution in [-0.2, 0) is 18.9 Å². The molecule has 3 rings (SSSR count). The van der Waals surface area contributed by atoms with Gasteiger partial charge >= 0.3 is 23.9 Å². The number of hydrogen-bond donors (Lipinski definition) is 2. The molecular formula is C33H39N3O10S2. The van der Waals surface area contributed by atoms with Crippen molar-refractivity contribution >= 4 is 68.4 Å². The SMILES string of the molecule is Cc1c(C(=O)OC(C)C)sc(NC(=O)c2ccc(C(=O)Nc3sc(C(=O)OC(C)C)c(C)c3C(=O)OC(C)C)nc2)c1C(=O)OC(C)C. The first kappa shape index (κ1) is 37.8. The smallest absolute Gasteiger partial charge is 0.348 e. The molecule has 0 aromatic carbocycles. The standard InChI is InChI=1S/C33H39N3O10S2/c1-14(2)43-30(39)22-18(9)24(32(41)45-16(5)6)47-28(22)35-26(37)20-11-12-21(34-13-20)27(38)36-29-23(31(40)44-15(3)4)19(10)25(48-29)33(42)46-17(7)8/h11-17H,1-10H3,(H,35,37)(H,36,38). The lowest BCUT2D eigenvalue weighted by Crippen LogP contribution is -2.19.